The Bertz CT molecular complexity index is 283. The van der Waals surface area contributed by atoms with E-state index in [9.17, 15) is 13.2 Å². The van der Waals surface area contributed by atoms with Gasteiger partial charge in [-0.05, 0) is 33.6 Å². The number of guanidine groups is 1. The van der Waals surface area contributed by atoms with Gasteiger partial charge in [-0.3, -0.25) is 0 Å². The van der Waals surface area contributed by atoms with Gasteiger partial charge < -0.3 is 10.6 Å². The van der Waals surface area contributed by atoms with E-state index in [-0.39, 0.29) is 18.4 Å². The molecule has 0 atom stereocenters. The minimum atomic E-state index is -4.08. The molecule has 2 N–H and O–H groups in total. The Hall–Kier alpha value is -0.940. The van der Waals surface area contributed by atoms with Gasteiger partial charge in [-0.15, -0.1) is 0 Å². The smallest absolute Gasteiger partial charge is 0.370 e. The number of piperidine rings is 1. The van der Waals surface area contributed by atoms with Crippen molar-refractivity contribution < 1.29 is 13.2 Å². The topological polar surface area (TPSA) is 41.6 Å². The molecule has 1 rings (SSSR count). The summed E-state index contributed by atoms with van der Waals surface area (Å²) in [5.41, 5.74) is 5.48. The van der Waals surface area contributed by atoms with Crippen LogP contribution in [0.25, 0.3) is 0 Å². The summed E-state index contributed by atoms with van der Waals surface area (Å²) in [5.74, 6) is -0.848. The summed E-state index contributed by atoms with van der Waals surface area (Å²) >= 11 is 0. The summed E-state index contributed by atoms with van der Waals surface area (Å²) in [6.45, 7) is 6.37. The second-order valence-electron chi connectivity index (χ2n) is 5.44. The first kappa shape index (κ1) is 14.1. The standard InChI is InChI=1S/C11H20F3N3/c1-10(2,3)16-9(15)17-6-4-8(5-7-17)11(12,13)14/h8H,4-7H2,1-3H3,(H2,15,16). The lowest BCUT2D eigenvalue weighted by Crippen LogP contribution is -2.46. The van der Waals surface area contributed by atoms with E-state index in [0.29, 0.717) is 19.0 Å². The van der Waals surface area contributed by atoms with E-state index in [4.69, 9.17) is 5.73 Å². The Morgan fingerprint density at radius 2 is 1.65 bits per heavy atom. The highest BCUT2D eigenvalue weighted by molar-refractivity contribution is 5.78. The van der Waals surface area contributed by atoms with E-state index in [1.165, 1.54) is 0 Å². The lowest BCUT2D eigenvalue weighted by molar-refractivity contribution is -0.183. The van der Waals surface area contributed by atoms with Crippen molar-refractivity contribution in [3.63, 3.8) is 0 Å². The van der Waals surface area contributed by atoms with E-state index in [2.05, 4.69) is 4.99 Å². The molecule has 0 unspecified atom stereocenters. The van der Waals surface area contributed by atoms with Crippen molar-refractivity contribution in [3.05, 3.63) is 0 Å². The molecule has 0 radical (unpaired) electrons. The van der Waals surface area contributed by atoms with E-state index in [1.54, 1.807) is 4.90 Å². The fourth-order valence-electron chi connectivity index (χ4n) is 1.85. The van der Waals surface area contributed by atoms with Gasteiger partial charge in [0, 0.05) is 13.1 Å². The van der Waals surface area contributed by atoms with Crippen LogP contribution in [0.15, 0.2) is 4.99 Å². The zero-order valence-electron chi connectivity index (χ0n) is 10.5. The van der Waals surface area contributed by atoms with Gasteiger partial charge in [0.2, 0.25) is 0 Å². The van der Waals surface area contributed by atoms with Crippen molar-refractivity contribution in [2.24, 2.45) is 16.6 Å². The van der Waals surface area contributed by atoms with Crippen LogP contribution in [0.1, 0.15) is 33.6 Å². The van der Waals surface area contributed by atoms with Crippen molar-refractivity contribution >= 4 is 5.96 Å². The second kappa shape index (κ2) is 4.74. The molecule has 6 heteroatoms. The van der Waals surface area contributed by atoms with E-state index >= 15 is 0 Å². The molecular weight excluding hydrogens is 231 g/mol. The second-order valence-corrected chi connectivity index (χ2v) is 5.44. The Labute approximate surface area is 99.9 Å². The monoisotopic (exact) mass is 251 g/mol. The molecule has 0 saturated carbocycles. The number of nitrogens with two attached hydrogens (primary N) is 1. The SMILES string of the molecule is CC(C)(C)N=C(N)N1CCC(C(F)(F)F)CC1. The molecule has 0 aromatic heterocycles. The number of aliphatic imine (C=N–C) groups is 1. The molecule has 17 heavy (non-hydrogen) atoms. The Balaban J connectivity index is 2.56. The van der Waals surface area contributed by atoms with Crippen molar-refractivity contribution in [2.45, 2.75) is 45.3 Å². The lowest BCUT2D eigenvalue weighted by Gasteiger charge is -2.34. The maximum Gasteiger partial charge on any atom is 0.391 e. The van der Waals surface area contributed by atoms with Gasteiger partial charge in [0.25, 0.3) is 0 Å². The molecule has 0 aromatic carbocycles. The van der Waals surface area contributed by atoms with E-state index in [0.717, 1.165) is 0 Å². The molecule has 1 aliphatic heterocycles. The minimum Gasteiger partial charge on any atom is -0.370 e. The van der Waals surface area contributed by atoms with Crippen LogP contribution < -0.4 is 5.73 Å². The summed E-state index contributed by atoms with van der Waals surface area (Å²) in [6.07, 6.45) is -3.88. The van der Waals surface area contributed by atoms with Gasteiger partial charge in [0.05, 0.1) is 11.5 Å². The van der Waals surface area contributed by atoms with Gasteiger partial charge in [-0.25, -0.2) is 4.99 Å². The summed E-state index contributed by atoms with van der Waals surface area (Å²) < 4.78 is 37.4. The predicted molar refractivity (Wildman–Crippen MR) is 61.7 cm³/mol. The lowest BCUT2D eigenvalue weighted by atomic mass is 9.96. The fraction of sp³-hybridized carbons (Fsp3) is 0.909. The number of rotatable bonds is 0. The van der Waals surface area contributed by atoms with E-state index < -0.39 is 12.1 Å². The van der Waals surface area contributed by atoms with Crippen LogP contribution in [0.5, 0.6) is 0 Å². The molecule has 100 valence electrons. The first-order valence-corrected chi connectivity index (χ1v) is 5.76. The highest BCUT2D eigenvalue weighted by Gasteiger charge is 2.41. The van der Waals surface area contributed by atoms with Gasteiger partial charge in [0.1, 0.15) is 0 Å². The first-order chi connectivity index (χ1) is 7.59. The van der Waals surface area contributed by atoms with Crippen LogP contribution in [0.3, 0.4) is 0 Å². The average molecular weight is 251 g/mol. The van der Waals surface area contributed by atoms with Crippen LogP contribution in [0, 0.1) is 5.92 Å². The Morgan fingerprint density at radius 1 is 1.18 bits per heavy atom. The molecule has 3 nitrogen and oxygen atoms in total. The predicted octanol–water partition coefficient (Wildman–Crippen LogP) is 2.37. The molecule has 0 aromatic rings. The Kier molecular flexibility index (Phi) is 3.94. The van der Waals surface area contributed by atoms with Gasteiger partial charge in [-0.2, -0.15) is 13.2 Å². The van der Waals surface area contributed by atoms with Crippen molar-refractivity contribution in [2.75, 3.05) is 13.1 Å². The van der Waals surface area contributed by atoms with Gasteiger partial charge in [0.15, 0.2) is 5.96 Å². The number of likely N-dealkylation sites (tertiary alicyclic amines) is 1. The average Bonchev–Trinajstić information content (AvgIpc) is 2.14. The zero-order valence-corrected chi connectivity index (χ0v) is 10.5. The van der Waals surface area contributed by atoms with Crippen molar-refractivity contribution in [1.82, 2.24) is 4.90 Å². The molecule has 1 fully saturated rings. The minimum absolute atomic E-state index is 0.101. The molecule has 1 saturated heterocycles. The largest absolute Gasteiger partial charge is 0.391 e. The normalized spacial score (nSPS) is 20.8. The molecule has 0 aliphatic carbocycles. The van der Waals surface area contributed by atoms with Crippen LogP contribution in [0.4, 0.5) is 13.2 Å². The van der Waals surface area contributed by atoms with Crippen LogP contribution >= 0.6 is 0 Å². The molecule has 0 spiro atoms. The number of halogens is 3. The first-order valence-electron chi connectivity index (χ1n) is 5.76. The van der Waals surface area contributed by atoms with Gasteiger partial charge >= 0.3 is 6.18 Å². The summed E-state index contributed by atoms with van der Waals surface area (Å²) in [6, 6.07) is 0. The molecule has 0 amide bonds. The summed E-state index contributed by atoms with van der Waals surface area (Å²) in [5, 5.41) is 0. The van der Waals surface area contributed by atoms with Gasteiger partial charge in [-0.1, -0.05) is 0 Å². The maximum absolute atomic E-state index is 12.5. The molecular formula is C11H20F3N3. The third kappa shape index (κ3) is 4.44. The van der Waals surface area contributed by atoms with Crippen molar-refractivity contribution in [3.8, 4) is 0 Å². The highest BCUT2D eigenvalue weighted by Crippen LogP contribution is 2.34. The maximum atomic E-state index is 12.5. The third-order valence-electron chi connectivity index (χ3n) is 2.73. The van der Waals surface area contributed by atoms with Crippen LogP contribution in [-0.4, -0.2) is 35.7 Å². The third-order valence-corrected chi connectivity index (χ3v) is 2.73. The number of hydrogen-bond acceptors (Lipinski definition) is 1. The van der Waals surface area contributed by atoms with Crippen LogP contribution in [0.2, 0.25) is 0 Å². The number of hydrogen-bond donors (Lipinski definition) is 1. The molecule has 1 aliphatic rings. The number of nitrogens with zero attached hydrogens (tertiary/aromatic N) is 2. The van der Waals surface area contributed by atoms with E-state index in [1.807, 2.05) is 20.8 Å². The number of alkyl halides is 3. The zero-order chi connectivity index (χ0) is 13.3. The summed E-state index contributed by atoms with van der Waals surface area (Å²) in [7, 11) is 0. The van der Waals surface area contributed by atoms with Crippen LogP contribution in [-0.2, 0) is 0 Å². The van der Waals surface area contributed by atoms with Crippen molar-refractivity contribution in [1.29, 1.82) is 0 Å². The molecule has 1 heterocycles. The summed E-state index contributed by atoms with van der Waals surface area (Å²) in [4.78, 5) is 5.99. The Morgan fingerprint density at radius 3 is 2.00 bits per heavy atom. The quantitative estimate of drug-likeness (QED) is 0.530. The molecule has 0 bridgehead atoms. The highest BCUT2D eigenvalue weighted by atomic mass is 19.4. The fourth-order valence-corrected chi connectivity index (χ4v) is 1.85.